The van der Waals surface area contributed by atoms with Crippen LogP contribution in [0.5, 0.6) is 11.5 Å². The molecule has 4 aromatic carbocycles. The molecule has 0 saturated carbocycles. The number of nitrogens with one attached hydrogen (secondary N) is 3. The number of hydrogen-bond donors (Lipinski definition) is 5. The Balaban J connectivity index is 1.75. The number of allylic oxidation sites excluding steroid dienone is 1. The van der Waals surface area contributed by atoms with Gasteiger partial charge in [-0.05, 0) is 70.5 Å². The van der Waals surface area contributed by atoms with Gasteiger partial charge in [0.2, 0.25) is 17.7 Å². The highest BCUT2D eigenvalue weighted by Crippen LogP contribution is 2.48. The molecular weight excluding hydrogens is 676 g/mol. The van der Waals surface area contributed by atoms with Crippen molar-refractivity contribution >= 4 is 51.2 Å². The number of carbonyl (C=O) groups is 4. The maximum Gasteiger partial charge on any atom is 0.328 e. The fraction of sp³-hybridized carbons (Fsp3) is 0.325. The lowest BCUT2D eigenvalue weighted by atomic mass is 9.87. The van der Waals surface area contributed by atoms with Crippen molar-refractivity contribution in [2.75, 3.05) is 27.9 Å². The molecule has 1 aliphatic rings. The van der Waals surface area contributed by atoms with Gasteiger partial charge < -0.3 is 41.6 Å². The van der Waals surface area contributed by atoms with Gasteiger partial charge >= 0.3 is 5.97 Å². The van der Waals surface area contributed by atoms with Crippen LogP contribution in [-0.4, -0.2) is 75.7 Å². The van der Waals surface area contributed by atoms with E-state index in [0.717, 1.165) is 38.2 Å². The molecule has 278 valence electrons. The van der Waals surface area contributed by atoms with Crippen molar-refractivity contribution in [1.82, 2.24) is 16.0 Å². The summed E-state index contributed by atoms with van der Waals surface area (Å²) in [6.07, 6.45) is 4.76. The number of aliphatic imine (C=N–C) groups is 1. The van der Waals surface area contributed by atoms with Gasteiger partial charge in [0.25, 0.3) is 0 Å². The monoisotopic (exact) mass is 722 g/mol. The molecular formula is C40H46N6O7. The van der Waals surface area contributed by atoms with Gasteiger partial charge in [-0.15, -0.1) is 0 Å². The summed E-state index contributed by atoms with van der Waals surface area (Å²) in [6.45, 7) is 1.52. The van der Waals surface area contributed by atoms with Crippen LogP contribution >= 0.6 is 0 Å². The van der Waals surface area contributed by atoms with Crippen LogP contribution in [0.2, 0.25) is 0 Å². The summed E-state index contributed by atoms with van der Waals surface area (Å²) >= 11 is 0. The van der Waals surface area contributed by atoms with Gasteiger partial charge in [-0.2, -0.15) is 0 Å². The first-order valence-corrected chi connectivity index (χ1v) is 17.4. The average molecular weight is 723 g/mol. The van der Waals surface area contributed by atoms with E-state index < -0.39 is 41.8 Å². The number of amides is 3. The molecule has 0 aromatic heterocycles. The number of nitrogens with zero attached hydrogens (tertiary/aromatic N) is 1. The summed E-state index contributed by atoms with van der Waals surface area (Å²) in [4.78, 5) is 57.4. The Labute approximate surface area is 308 Å². The number of nitrogens with two attached hydrogens (primary N) is 2. The number of carbonyl (C=O) groups excluding carboxylic acids is 4. The molecule has 1 aliphatic heterocycles. The molecule has 0 fully saturated rings. The highest BCUT2D eigenvalue weighted by molar-refractivity contribution is 6.11. The predicted molar refractivity (Wildman–Crippen MR) is 205 cm³/mol. The van der Waals surface area contributed by atoms with Crippen molar-refractivity contribution in [3.63, 3.8) is 0 Å². The predicted octanol–water partition coefficient (Wildman–Crippen LogP) is 3.42. The van der Waals surface area contributed by atoms with Crippen molar-refractivity contribution in [2.45, 2.75) is 57.2 Å². The zero-order valence-corrected chi connectivity index (χ0v) is 30.4. The van der Waals surface area contributed by atoms with Crippen molar-refractivity contribution in [2.24, 2.45) is 16.5 Å². The first-order chi connectivity index (χ1) is 25.6. The second-order valence-electron chi connectivity index (χ2n) is 12.8. The number of hydrogen-bond acceptors (Lipinski definition) is 8. The SMILES string of the molecule is COC(=O)[C@@H]1CC=CCc2cc3ccccc3c(c2OC)-c2c(OC)c(cc3ccccc23)CC(NC(C)=O)C(=O)N[C@@H](CCCN=C(N)N)C(=O)N1. The molecule has 7 N–H and O–H groups in total. The molecule has 13 nitrogen and oxygen atoms in total. The summed E-state index contributed by atoms with van der Waals surface area (Å²) in [7, 11) is 4.44. The average Bonchev–Trinajstić information content (AvgIpc) is 3.14. The third-order valence-corrected chi connectivity index (χ3v) is 9.19. The third kappa shape index (κ3) is 8.86. The second kappa shape index (κ2) is 17.4. The van der Waals surface area contributed by atoms with Crippen LogP contribution in [0.4, 0.5) is 0 Å². The molecule has 0 saturated heterocycles. The smallest absolute Gasteiger partial charge is 0.328 e. The Morgan fingerprint density at radius 2 is 1.45 bits per heavy atom. The number of benzene rings is 4. The fourth-order valence-corrected chi connectivity index (χ4v) is 6.83. The Morgan fingerprint density at radius 3 is 2.04 bits per heavy atom. The Bertz CT molecular complexity index is 2070. The topological polar surface area (TPSA) is 196 Å². The zero-order chi connectivity index (χ0) is 38.1. The van der Waals surface area contributed by atoms with Crippen LogP contribution in [0.3, 0.4) is 0 Å². The summed E-state index contributed by atoms with van der Waals surface area (Å²) < 4.78 is 17.4. The lowest BCUT2D eigenvalue weighted by Crippen LogP contribution is -2.56. The van der Waals surface area contributed by atoms with E-state index in [1.165, 1.54) is 14.0 Å². The maximum absolute atomic E-state index is 14.2. The lowest BCUT2D eigenvalue weighted by Gasteiger charge is -2.26. The number of rotatable bonds is 8. The first-order valence-electron chi connectivity index (χ1n) is 17.4. The molecule has 0 radical (unpaired) electrons. The van der Waals surface area contributed by atoms with E-state index in [9.17, 15) is 19.2 Å². The van der Waals surface area contributed by atoms with Gasteiger partial charge in [0.15, 0.2) is 5.96 Å². The number of fused-ring (bicyclic) bond motifs is 9. The van der Waals surface area contributed by atoms with Gasteiger partial charge in [0.1, 0.15) is 29.6 Å². The number of guanidine groups is 1. The van der Waals surface area contributed by atoms with Gasteiger partial charge in [-0.25, -0.2) is 4.79 Å². The second-order valence-corrected chi connectivity index (χ2v) is 12.8. The first kappa shape index (κ1) is 38.1. The third-order valence-electron chi connectivity index (χ3n) is 9.19. The van der Waals surface area contributed by atoms with Gasteiger partial charge in [0, 0.05) is 31.0 Å². The molecule has 4 bridgehead atoms. The van der Waals surface area contributed by atoms with Gasteiger partial charge in [-0.3, -0.25) is 19.4 Å². The summed E-state index contributed by atoms with van der Waals surface area (Å²) in [5.41, 5.74) is 14.1. The minimum Gasteiger partial charge on any atom is -0.496 e. The minimum absolute atomic E-state index is 0.0161. The molecule has 1 heterocycles. The summed E-state index contributed by atoms with van der Waals surface area (Å²) in [5.74, 6) is -1.28. The quantitative estimate of drug-likeness (QED) is 0.0595. The number of esters is 1. The van der Waals surface area contributed by atoms with Crippen LogP contribution in [0, 0.1) is 0 Å². The summed E-state index contributed by atoms with van der Waals surface area (Å²) in [6, 6.07) is 16.6. The van der Waals surface area contributed by atoms with Crippen LogP contribution in [0.15, 0.2) is 77.8 Å². The van der Waals surface area contributed by atoms with E-state index in [-0.39, 0.29) is 31.8 Å². The zero-order valence-electron chi connectivity index (χ0n) is 30.4. The largest absolute Gasteiger partial charge is 0.496 e. The van der Waals surface area contributed by atoms with Gasteiger partial charge in [0.05, 0.1) is 21.3 Å². The molecule has 3 amide bonds. The van der Waals surface area contributed by atoms with E-state index in [0.29, 0.717) is 29.9 Å². The van der Waals surface area contributed by atoms with E-state index in [1.54, 1.807) is 20.3 Å². The molecule has 5 rings (SSSR count). The van der Waals surface area contributed by atoms with Crippen LogP contribution in [-0.2, 0) is 36.8 Å². The molecule has 53 heavy (non-hydrogen) atoms. The molecule has 13 heteroatoms. The van der Waals surface area contributed by atoms with Crippen molar-refractivity contribution < 1.29 is 33.4 Å². The molecule has 3 atom stereocenters. The normalized spacial score (nSPS) is 17.8. The van der Waals surface area contributed by atoms with Crippen molar-refractivity contribution in [3.8, 4) is 22.6 Å². The van der Waals surface area contributed by atoms with E-state index >= 15 is 0 Å². The highest BCUT2D eigenvalue weighted by Gasteiger charge is 2.31. The summed E-state index contributed by atoms with van der Waals surface area (Å²) in [5, 5.41) is 12.0. The van der Waals surface area contributed by atoms with Crippen molar-refractivity contribution in [3.05, 3.63) is 83.9 Å². The number of ether oxygens (including phenoxy) is 3. The molecule has 0 aliphatic carbocycles. The Morgan fingerprint density at radius 1 is 0.849 bits per heavy atom. The van der Waals surface area contributed by atoms with Gasteiger partial charge in [-0.1, -0.05) is 60.7 Å². The molecule has 1 unspecified atom stereocenters. The highest BCUT2D eigenvalue weighted by atomic mass is 16.5. The van der Waals surface area contributed by atoms with E-state index in [1.807, 2.05) is 60.7 Å². The van der Waals surface area contributed by atoms with Crippen LogP contribution in [0.25, 0.3) is 32.7 Å². The van der Waals surface area contributed by atoms with E-state index in [4.69, 9.17) is 25.7 Å². The van der Waals surface area contributed by atoms with Crippen molar-refractivity contribution in [1.29, 1.82) is 0 Å². The molecule has 0 spiro atoms. The van der Waals surface area contributed by atoms with E-state index in [2.05, 4.69) is 27.0 Å². The number of methoxy groups -OCH3 is 3. The standard InChI is InChI=1S/C40H46N6O7/c1-23(47)44-32-22-27-21-25-13-6-9-16-29(25)34(36(27)52-3)33-28-15-8-5-12-24(28)20-26(35(33)51-2)14-7-10-17-31(39(50)53-4)46-37(48)30(45-38(32)49)18-11-19-43-40(41)42/h5-10,12-13,15-16,20-21,30-32H,11,14,17-19,22H2,1-4H3,(H,44,47)(H,45,49)(H,46,48)(H4,41,42,43)/t30-,31-,32?/m0/s1. The van der Waals surface area contributed by atoms with Crippen LogP contribution in [0.1, 0.15) is 37.3 Å². The minimum atomic E-state index is -1.12. The lowest BCUT2D eigenvalue weighted by molar-refractivity contribution is -0.145. The maximum atomic E-state index is 14.2. The van der Waals surface area contributed by atoms with Crippen LogP contribution < -0.4 is 36.9 Å². The fourth-order valence-electron chi connectivity index (χ4n) is 6.83. The molecule has 4 aromatic rings. The Kier molecular flexibility index (Phi) is 12.5. The Hall–Kier alpha value is -6.11.